The molecule has 1 aliphatic rings. The number of nitrogens with zero attached hydrogens (tertiary/aromatic N) is 6. The molecule has 1 amide bonds. The van der Waals surface area contributed by atoms with E-state index in [-0.39, 0.29) is 24.5 Å². The maximum Gasteiger partial charge on any atom is 0.240 e. The van der Waals surface area contributed by atoms with Crippen molar-refractivity contribution in [2.24, 2.45) is 0 Å². The van der Waals surface area contributed by atoms with Crippen LogP contribution in [-0.2, 0) is 11.3 Å². The Morgan fingerprint density at radius 1 is 1.18 bits per heavy atom. The van der Waals surface area contributed by atoms with Crippen molar-refractivity contribution in [3.63, 3.8) is 0 Å². The number of fused-ring (bicyclic) bond motifs is 2. The van der Waals surface area contributed by atoms with Gasteiger partial charge in [0.25, 0.3) is 0 Å². The molecule has 0 bridgehead atoms. The standard InChI is InChI=1S/C23H28N8O2/c1-12-7-16-18(8-13(12)2)30(14(3)28-16)9-19(32)29-15-5-4-6-17(21(15)33)31-11-27-20-22(24)25-10-26-23(20)31/h7-8,10-11,15,17,21,33H,4-6,9H2,1-3H3,(H,29,32)(H2,24,25,26)/t15-,17-,21-/m0/s1. The van der Waals surface area contributed by atoms with Crippen LogP contribution < -0.4 is 11.1 Å². The molecular formula is C23H28N8O2. The van der Waals surface area contributed by atoms with Crippen molar-refractivity contribution in [2.75, 3.05) is 5.73 Å². The molecule has 4 aromatic rings. The van der Waals surface area contributed by atoms with E-state index in [0.717, 1.165) is 35.3 Å². The molecule has 172 valence electrons. The van der Waals surface area contributed by atoms with Crippen molar-refractivity contribution in [2.45, 2.75) is 64.8 Å². The van der Waals surface area contributed by atoms with Crippen LogP contribution in [0.2, 0.25) is 0 Å². The predicted octanol–water partition coefficient (Wildman–Crippen LogP) is 1.95. The van der Waals surface area contributed by atoms with Gasteiger partial charge in [-0.05, 0) is 63.3 Å². The number of nitrogens with two attached hydrogens (primary N) is 1. The molecule has 3 heterocycles. The first-order chi connectivity index (χ1) is 15.8. The highest BCUT2D eigenvalue weighted by Gasteiger charge is 2.35. The number of aryl methyl sites for hydroxylation is 3. The maximum absolute atomic E-state index is 13.0. The second kappa shape index (κ2) is 8.11. The average molecular weight is 449 g/mol. The summed E-state index contributed by atoms with van der Waals surface area (Å²) in [6.07, 6.45) is 4.58. The lowest BCUT2D eigenvalue weighted by Crippen LogP contribution is -2.50. The zero-order chi connectivity index (χ0) is 23.3. The molecule has 0 unspecified atom stereocenters. The molecular weight excluding hydrogens is 420 g/mol. The molecule has 1 saturated carbocycles. The van der Waals surface area contributed by atoms with E-state index in [0.29, 0.717) is 23.4 Å². The number of imidazole rings is 2. The second-order valence-electron chi connectivity index (χ2n) is 8.92. The lowest BCUT2D eigenvalue weighted by Gasteiger charge is -2.36. The number of benzene rings is 1. The highest BCUT2D eigenvalue weighted by molar-refractivity contribution is 5.83. The van der Waals surface area contributed by atoms with Crippen molar-refractivity contribution in [3.05, 3.63) is 41.7 Å². The van der Waals surface area contributed by atoms with E-state index in [9.17, 15) is 9.90 Å². The molecule has 1 aromatic carbocycles. The zero-order valence-corrected chi connectivity index (χ0v) is 19.0. The number of aliphatic hydroxyl groups is 1. The molecule has 0 saturated heterocycles. The summed E-state index contributed by atoms with van der Waals surface area (Å²) in [5.41, 5.74) is 11.2. The number of carbonyl (C=O) groups is 1. The van der Waals surface area contributed by atoms with Gasteiger partial charge in [0.2, 0.25) is 5.91 Å². The average Bonchev–Trinajstić information content (AvgIpc) is 3.33. The van der Waals surface area contributed by atoms with Crippen LogP contribution in [0.3, 0.4) is 0 Å². The first kappa shape index (κ1) is 21.3. The zero-order valence-electron chi connectivity index (χ0n) is 19.0. The summed E-state index contributed by atoms with van der Waals surface area (Å²) >= 11 is 0. The highest BCUT2D eigenvalue weighted by Crippen LogP contribution is 2.32. The van der Waals surface area contributed by atoms with Gasteiger partial charge in [0.1, 0.15) is 24.2 Å². The van der Waals surface area contributed by atoms with Gasteiger partial charge in [0.15, 0.2) is 11.5 Å². The third-order valence-electron chi connectivity index (χ3n) is 6.77. The molecule has 3 aromatic heterocycles. The Morgan fingerprint density at radius 2 is 1.97 bits per heavy atom. The number of aliphatic hydroxyl groups excluding tert-OH is 1. The molecule has 10 nitrogen and oxygen atoms in total. The number of amides is 1. The van der Waals surface area contributed by atoms with Gasteiger partial charge in [-0.2, -0.15) is 0 Å². The van der Waals surface area contributed by atoms with Crippen LogP contribution in [-0.4, -0.2) is 52.2 Å². The van der Waals surface area contributed by atoms with Crippen molar-refractivity contribution >= 4 is 33.9 Å². The van der Waals surface area contributed by atoms with E-state index in [1.807, 2.05) is 22.1 Å². The van der Waals surface area contributed by atoms with Gasteiger partial charge in [0, 0.05) is 0 Å². The third kappa shape index (κ3) is 3.70. The van der Waals surface area contributed by atoms with Crippen molar-refractivity contribution in [1.29, 1.82) is 0 Å². The number of aromatic nitrogens is 6. The summed E-state index contributed by atoms with van der Waals surface area (Å²) in [4.78, 5) is 30.2. The van der Waals surface area contributed by atoms with Crippen LogP contribution in [0.5, 0.6) is 0 Å². The van der Waals surface area contributed by atoms with Crippen molar-refractivity contribution in [1.82, 2.24) is 34.4 Å². The number of rotatable bonds is 4. The van der Waals surface area contributed by atoms with Gasteiger partial charge in [-0.3, -0.25) is 4.79 Å². The van der Waals surface area contributed by atoms with E-state index in [4.69, 9.17) is 5.73 Å². The SMILES string of the molecule is Cc1cc2nc(C)n(CC(=O)N[C@H]3CCC[C@H](n4cnc5c(N)ncnc54)[C@H]3O)c2cc1C. The Kier molecular flexibility index (Phi) is 5.24. The molecule has 1 aliphatic carbocycles. The summed E-state index contributed by atoms with van der Waals surface area (Å²) in [5.74, 6) is 0.944. The molecule has 0 radical (unpaired) electrons. The molecule has 10 heteroatoms. The molecule has 3 atom stereocenters. The molecule has 0 spiro atoms. The van der Waals surface area contributed by atoms with Crippen LogP contribution in [0.15, 0.2) is 24.8 Å². The Hall–Kier alpha value is -3.53. The molecule has 4 N–H and O–H groups in total. The van der Waals surface area contributed by atoms with Crippen LogP contribution in [0.1, 0.15) is 42.3 Å². The maximum atomic E-state index is 13.0. The Bertz CT molecular complexity index is 1360. The summed E-state index contributed by atoms with van der Waals surface area (Å²) in [7, 11) is 0. The highest BCUT2D eigenvalue weighted by atomic mass is 16.3. The van der Waals surface area contributed by atoms with Crippen LogP contribution >= 0.6 is 0 Å². The van der Waals surface area contributed by atoms with E-state index >= 15 is 0 Å². The monoisotopic (exact) mass is 448 g/mol. The first-order valence-electron chi connectivity index (χ1n) is 11.2. The van der Waals surface area contributed by atoms with Crippen LogP contribution in [0.4, 0.5) is 5.82 Å². The lowest BCUT2D eigenvalue weighted by atomic mass is 9.88. The van der Waals surface area contributed by atoms with Gasteiger partial charge < -0.3 is 25.3 Å². The predicted molar refractivity (Wildman–Crippen MR) is 125 cm³/mol. The Balaban J connectivity index is 1.35. The molecule has 33 heavy (non-hydrogen) atoms. The number of nitrogen functional groups attached to an aromatic ring is 1. The summed E-state index contributed by atoms with van der Waals surface area (Å²) in [6, 6.07) is 3.49. The summed E-state index contributed by atoms with van der Waals surface area (Å²) < 4.78 is 3.77. The van der Waals surface area contributed by atoms with Crippen LogP contribution in [0, 0.1) is 20.8 Å². The third-order valence-corrected chi connectivity index (χ3v) is 6.77. The van der Waals surface area contributed by atoms with Gasteiger partial charge in [0.05, 0.1) is 35.5 Å². The fourth-order valence-corrected chi connectivity index (χ4v) is 4.83. The number of anilines is 1. The summed E-state index contributed by atoms with van der Waals surface area (Å²) in [5, 5.41) is 14.2. The largest absolute Gasteiger partial charge is 0.389 e. The fourth-order valence-electron chi connectivity index (χ4n) is 4.83. The van der Waals surface area contributed by atoms with E-state index in [2.05, 4.69) is 45.2 Å². The second-order valence-corrected chi connectivity index (χ2v) is 8.92. The quantitative estimate of drug-likeness (QED) is 0.434. The molecule has 5 rings (SSSR count). The Labute approximate surface area is 190 Å². The number of hydrogen-bond donors (Lipinski definition) is 3. The Morgan fingerprint density at radius 3 is 2.79 bits per heavy atom. The smallest absolute Gasteiger partial charge is 0.240 e. The number of hydrogen-bond acceptors (Lipinski definition) is 7. The molecule has 0 aliphatic heterocycles. The van der Waals surface area contributed by atoms with E-state index < -0.39 is 6.10 Å². The normalized spacial score (nSPS) is 21.0. The van der Waals surface area contributed by atoms with Gasteiger partial charge in [-0.15, -0.1) is 0 Å². The fraction of sp³-hybridized carbons (Fsp3) is 0.435. The topological polar surface area (TPSA) is 137 Å². The minimum absolute atomic E-state index is 0.149. The minimum Gasteiger partial charge on any atom is -0.389 e. The first-order valence-corrected chi connectivity index (χ1v) is 11.2. The van der Waals surface area contributed by atoms with Gasteiger partial charge >= 0.3 is 0 Å². The van der Waals surface area contributed by atoms with Gasteiger partial charge in [-0.1, -0.05) is 0 Å². The number of nitrogens with one attached hydrogen (secondary N) is 1. The van der Waals surface area contributed by atoms with Crippen molar-refractivity contribution in [3.8, 4) is 0 Å². The van der Waals surface area contributed by atoms with Crippen molar-refractivity contribution < 1.29 is 9.90 Å². The summed E-state index contributed by atoms with van der Waals surface area (Å²) in [6.45, 7) is 6.16. The van der Waals surface area contributed by atoms with Gasteiger partial charge in [-0.25, -0.2) is 19.9 Å². The van der Waals surface area contributed by atoms with E-state index in [1.165, 1.54) is 11.9 Å². The molecule has 1 fully saturated rings. The number of carbonyl (C=O) groups excluding carboxylic acids is 1. The van der Waals surface area contributed by atoms with Crippen LogP contribution in [0.25, 0.3) is 22.2 Å². The van der Waals surface area contributed by atoms with E-state index in [1.54, 1.807) is 6.33 Å². The minimum atomic E-state index is -0.776. The lowest BCUT2D eigenvalue weighted by molar-refractivity contribution is -0.124.